The van der Waals surface area contributed by atoms with E-state index in [1.807, 2.05) is 35.2 Å². The maximum absolute atomic E-state index is 9.87. The standard InChI is InChI=1S/C16H20N3O2.Cu/c17-9-15(20)12-19(11-14-6-3-4-8-18-14)10-13-5-1-2-7-16(13)21;/h1-8,15,17,20-21H,9-12H2;/q-1;+2. The number of para-hydroxylation sites is 1. The van der Waals surface area contributed by atoms with Crippen LogP contribution >= 0.6 is 0 Å². The number of aromatic nitrogens is 1. The van der Waals surface area contributed by atoms with E-state index >= 15 is 0 Å². The van der Waals surface area contributed by atoms with Gasteiger partial charge in [-0.3, -0.25) is 9.88 Å². The van der Waals surface area contributed by atoms with Crippen molar-refractivity contribution in [1.82, 2.24) is 9.88 Å². The van der Waals surface area contributed by atoms with Gasteiger partial charge in [-0.2, -0.15) is 0 Å². The van der Waals surface area contributed by atoms with Crippen LogP contribution in [0.3, 0.4) is 0 Å². The summed E-state index contributed by atoms with van der Waals surface area (Å²) < 4.78 is 0. The van der Waals surface area contributed by atoms with Gasteiger partial charge < -0.3 is 15.9 Å². The van der Waals surface area contributed by atoms with Crippen LogP contribution in [0.4, 0.5) is 0 Å². The minimum absolute atomic E-state index is 0. The molecule has 1 radical (unpaired) electrons. The Balaban J connectivity index is 0.00000242. The van der Waals surface area contributed by atoms with E-state index in [1.165, 1.54) is 0 Å². The maximum atomic E-state index is 9.87. The van der Waals surface area contributed by atoms with Crippen LogP contribution in [0.25, 0.3) is 5.73 Å². The number of nitrogens with one attached hydrogen (secondary N) is 1. The van der Waals surface area contributed by atoms with Crippen molar-refractivity contribution in [1.29, 1.82) is 0 Å². The number of hydrogen-bond donors (Lipinski definition) is 2. The molecule has 0 fully saturated rings. The fourth-order valence-electron chi connectivity index (χ4n) is 2.15. The molecule has 2 aromatic rings. The molecule has 5 nitrogen and oxygen atoms in total. The fourth-order valence-corrected chi connectivity index (χ4v) is 2.15. The molecule has 1 aromatic heterocycles. The normalized spacial score (nSPS) is 12.0. The van der Waals surface area contributed by atoms with Crippen LogP contribution in [-0.4, -0.2) is 39.3 Å². The van der Waals surface area contributed by atoms with Crippen molar-refractivity contribution < 1.29 is 27.3 Å². The summed E-state index contributed by atoms with van der Waals surface area (Å²) >= 11 is 0. The summed E-state index contributed by atoms with van der Waals surface area (Å²) in [5.74, 6) is 0.240. The van der Waals surface area contributed by atoms with Crippen molar-refractivity contribution in [3.63, 3.8) is 0 Å². The first kappa shape index (κ1) is 18.6. The van der Waals surface area contributed by atoms with Crippen molar-refractivity contribution in [3.8, 4) is 5.75 Å². The van der Waals surface area contributed by atoms with E-state index in [-0.39, 0.29) is 29.4 Å². The molecule has 1 atom stereocenters. The van der Waals surface area contributed by atoms with Crippen LogP contribution in [0.2, 0.25) is 0 Å². The molecular formula is C16H20CuN3O2+. The molecule has 0 spiro atoms. The molecule has 0 aliphatic carbocycles. The Hall–Kier alpha value is -1.43. The second-order valence-corrected chi connectivity index (χ2v) is 4.98. The van der Waals surface area contributed by atoms with Crippen molar-refractivity contribution >= 4 is 0 Å². The topological polar surface area (TPSA) is 80.4 Å². The number of phenolic OH excluding ortho intramolecular Hbond substituents is 1. The first-order chi connectivity index (χ1) is 10.2. The summed E-state index contributed by atoms with van der Waals surface area (Å²) in [5, 5.41) is 19.6. The Labute approximate surface area is 141 Å². The van der Waals surface area contributed by atoms with Gasteiger partial charge in [-0.1, -0.05) is 24.3 Å². The summed E-state index contributed by atoms with van der Waals surface area (Å²) in [7, 11) is 0. The van der Waals surface area contributed by atoms with Gasteiger partial charge in [0.2, 0.25) is 0 Å². The molecule has 0 saturated heterocycles. The van der Waals surface area contributed by atoms with Gasteiger partial charge >= 0.3 is 17.1 Å². The van der Waals surface area contributed by atoms with Gasteiger partial charge in [-0.15, -0.1) is 6.54 Å². The first-order valence-electron chi connectivity index (χ1n) is 6.91. The third-order valence-corrected chi connectivity index (χ3v) is 3.20. The third-order valence-electron chi connectivity index (χ3n) is 3.20. The minimum Gasteiger partial charge on any atom is -0.675 e. The molecule has 22 heavy (non-hydrogen) atoms. The zero-order valence-electron chi connectivity index (χ0n) is 12.1. The van der Waals surface area contributed by atoms with E-state index in [0.29, 0.717) is 19.6 Å². The fraction of sp³-hybridized carbons (Fsp3) is 0.312. The van der Waals surface area contributed by atoms with Gasteiger partial charge in [0.1, 0.15) is 5.75 Å². The molecule has 0 amide bonds. The van der Waals surface area contributed by atoms with E-state index in [2.05, 4.69) is 4.98 Å². The average molecular weight is 350 g/mol. The number of benzene rings is 1. The van der Waals surface area contributed by atoms with Gasteiger partial charge in [0.15, 0.2) is 0 Å². The Bertz CT molecular complexity index is 554. The van der Waals surface area contributed by atoms with Crippen molar-refractivity contribution in [3.05, 3.63) is 65.7 Å². The molecule has 121 valence electrons. The molecule has 1 heterocycles. The zero-order valence-corrected chi connectivity index (χ0v) is 13.1. The van der Waals surface area contributed by atoms with Crippen LogP contribution in [-0.2, 0) is 30.2 Å². The summed E-state index contributed by atoms with van der Waals surface area (Å²) in [5.41, 5.74) is 8.95. The van der Waals surface area contributed by atoms with Crippen LogP contribution in [0.5, 0.6) is 5.75 Å². The van der Waals surface area contributed by atoms with E-state index in [1.54, 1.807) is 18.3 Å². The number of pyridine rings is 1. The molecule has 1 aromatic carbocycles. The second kappa shape index (κ2) is 9.56. The quantitative estimate of drug-likeness (QED) is 0.751. The Morgan fingerprint density at radius 3 is 2.45 bits per heavy atom. The predicted octanol–water partition coefficient (Wildman–Crippen LogP) is 2.20. The van der Waals surface area contributed by atoms with E-state index in [0.717, 1.165) is 11.3 Å². The molecule has 0 aliphatic heterocycles. The monoisotopic (exact) mass is 349 g/mol. The van der Waals surface area contributed by atoms with E-state index in [4.69, 9.17) is 5.73 Å². The summed E-state index contributed by atoms with van der Waals surface area (Å²) in [6, 6.07) is 12.8. The Kier molecular flexibility index (Phi) is 8.09. The third kappa shape index (κ3) is 5.75. The summed E-state index contributed by atoms with van der Waals surface area (Å²) in [6.07, 6.45) is 1.02. The van der Waals surface area contributed by atoms with Crippen molar-refractivity contribution in [2.45, 2.75) is 19.2 Å². The molecule has 0 aliphatic rings. The van der Waals surface area contributed by atoms with E-state index in [9.17, 15) is 10.2 Å². The summed E-state index contributed by atoms with van der Waals surface area (Å²) in [6.45, 7) is 1.39. The van der Waals surface area contributed by atoms with Gasteiger partial charge in [0.25, 0.3) is 0 Å². The van der Waals surface area contributed by atoms with Crippen LogP contribution < -0.4 is 0 Å². The molecule has 1 unspecified atom stereocenters. The van der Waals surface area contributed by atoms with E-state index < -0.39 is 6.10 Å². The van der Waals surface area contributed by atoms with Gasteiger partial charge in [0.05, 0.1) is 5.69 Å². The molecular weight excluding hydrogens is 330 g/mol. The molecule has 6 heteroatoms. The predicted molar refractivity (Wildman–Crippen MR) is 81.7 cm³/mol. The largest absolute Gasteiger partial charge is 2.00 e. The number of nitrogens with zero attached hydrogens (tertiary/aromatic N) is 2. The number of phenols is 1. The molecule has 3 N–H and O–H groups in total. The van der Waals surface area contributed by atoms with Crippen LogP contribution in [0.15, 0.2) is 48.7 Å². The van der Waals surface area contributed by atoms with Crippen LogP contribution in [0.1, 0.15) is 11.3 Å². The maximum Gasteiger partial charge on any atom is 2.00 e. The first-order valence-corrected chi connectivity index (χ1v) is 6.91. The smallest absolute Gasteiger partial charge is 0.675 e. The Morgan fingerprint density at radius 1 is 1.09 bits per heavy atom. The second-order valence-electron chi connectivity index (χ2n) is 4.98. The molecule has 2 rings (SSSR count). The number of aliphatic hydroxyl groups is 1. The SMILES string of the molecule is [Cu+2].[NH-]CC(O)CN(Cc1ccccn1)Cc1ccccc1O. The van der Waals surface area contributed by atoms with Gasteiger partial charge in [0, 0.05) is 37.5 Å². The van der Waals surface area contributed by atoms with Gasteiger partial charge in [-0.25, -0.2) is 0 Å². The van der Waals surface area contributed by atoms with Gasteiger partial charge in [-0.05, 0) is 18.2 Å². The molecule has 0 bridgehead atoms. The van der Waals surface area contributed by atoms with Crippen molar-refractivity contribution in [2.24, 2.45) is 0 Å². The molecule has 0 saturated carbocycles. The zero-order chi connectivity index (χ0) is 15.1. The number of aromatic hydroxyl groups is 1. The number of hydrogen-bond acceptors (Lipinski definition) is 4. The number of rotatable bonds is 7. The average Bonchev–Trinajstić information content (AvgIpc) is 2.50. The Morgan fingerprint density at radius 2 is 1.82 bits per heavy atom. The summed E-state index contributed by atoms with van der Waals surface area (Å²) in [4.78, 5) is 6.27. The minimum atomic E-state index is -0.709. The number of aliphatic hydroxyl groups excluding tert-OH is 1. The van der Waals surface area contributed by atoms with Crippen LogP contribution in [0, 0.1) is 0 Å². The van der Waals surface area contributed by atoms with Crippen molar-refractivity contribution in [2.75, 3.05) is 13.1 Å².